The van der Waals surface area contributed by atoms with Crippen LogP contribution in [0.1, 0.15) is 60.1 Å². The summed E-state index contributed by atoms with van der Waals surface area (Å²) in [7, 11) is 4.12. The first-order chi connectivity index (χ1) is 15.4. The minimum atomic E-state index is -0.477. The summed E-state index contributed by atoms with van der Waals surface area (Å²) in [4.78, 5) is 35.0. The summed E-state index contributed by atoms with van der Waals surface area (Å²) >= 11 is -0.116. The fraction of sp³-hybridized carbons (Fsp3) is 0.522. The second kappa shape index (κ2) is 9.99. The summed E-state index contributed by atoms with van der Waals surface area (Å²) in [5.41, 5.74) is 2.86. The molecule has 1 aromatic carbocycles. The van der Waals surface area contributed by atoms with E-state index in [4.69, 9.17) is 9.97 Å². The van der Waals surface area contributed by atoms with Crippen LogP contribution in [0, 0.1) is 10.1 Å². The standard InChI is InChI=1S/C23H29AsN5O3/c1-28(2)21-19-8-3-4-9-20(19)26-23(27-21)24-16-10-12-17(13-11-16)25-22(30)15-6-5-7-18(14-15)29(31)32/h5-7,14,16-17H,3-4,8-13H2,1-2H3,(H,25,30). The molecular weight excluding hydrogens is 469 g/mol. The van der Waals surface area contributed by atoms with Gasteiger partial charge in [-0.1, -0.05) is 0 Å². The van der Waals surface area contributed by atoms with E-state index in [1.54, 1.807) is 12.1 Å². The van der Waals surface area contributed by atoms with Gasteiger partial charge >= 0.3 is 195 Å². The van der Waals surface area contributed by atoms with E-state index in [9.17, 15) is 14.9 Å². The first-order valence-electron chi connectivity index (χ1n) is 11.2. The van der Waals surface area contributed by atoms with E-state index < -0.39 is 4.92 Å². The van der Waals surface area contributed by atoms with Crippen molar-refractivity contribution in [3.05, 3.63) is 51.2 Å². The van der Waals surface area contributed by atoms with E-state index >= 15 is 0 Å². The quantitative estimate of drug-likeness (QED) is 0.374. The zero-order valence-electron chi connectivity index (χ0n) is 18.6. The summed E-state index contributed by atoms with van der Waals surface area (Å²) in [6.45, 7) is 0. The summed E-state index contributed by atoms with van der Waals surface area (Å²) in [5, 5.41) is 14.0. The number of nitro benzene ring substituents is 1. The predicted molar refractivity (Wildman–Crippen MR) is 125 cm³/mol. The first-order valence-corrected chi connectivity index (χ1v) is 13.3. The topological polar surface area (TPSA) is 101 Å². The van der Waals surface area contributed by atoms with Gasteiger partial charge in [0.15, 0.2) is 0 Å². The van der Waals surface area contributed by atoms with Crippen LogP contribution in [0.2, 0.25) is 4.71 Å². The first kappa shape index (κ1) is 22.7. The summed E-state index contributed by atoms with van der Waals surface area (Å²) in [5.74, 6) is 0.858. The molecule has 32 heavy (non-hydrogen) atoms. The van der Waals surface area contributed by atoms with Crippen LogP contribution in [0.15, 0.2) is 24.3 Å². The fourth-order valence-electron chi connectivity index (χ4n) is 4.53. The Balaban J connectivity index is 1.34. The van der Waals surface area contributed by atoms with Gasteiger partial charge in [0.1, 0.15) is 0 Å². The molecule has 1 radical (unpaired) electrons. The van der Waals surface area contributed by atoms with Crippen LogP contribution in [0.3, 0.4) is 0 Å². The van der Waals surface area contributed by atoms with Gasteiger partial charge in [0.05, 0.1) is 0 Å². The molecule has 1 N–H and O–H groups in total. The van der Waals surface area contributed by atoms with Crippen LogP contribution < -0.4 is 14.8 Å². The summed E-state index contributed by atoms with van der Waals surface area (Å²) < 4.78 is 1.64. The molecule has 0 spiro atoms. The molecule has 2 aliphatic rings. The number of carbonyl (C=O) groups excluding carboxylic acids is 1. The van der Waals surface area contributed by atoms with E-state index in [1.165, 1.54) is 36.2 Å². The summed E-state index contributed by atoms with van der Waals surface area (Å²) in [6, 6.07) is 6.01. The molecule has 1 fully saturated rings. The fourth-order valence-corrected chi connectivity index (χ4v) is 7.08. The van der Waals surface area contributed by atoms with Gasteiger partial charge in [-0.05, 0) is 0 Å². The van der Waals surface area contributed by atoms with Crippen LogP contribution in [0.4, 0.5) is 11.5 Å². The molecular formula is C23H29AsN5O3. The van der Waals surface area contributed by atoms with Crippen molar-refractivity contribution < 1.29 is 9.72 Å². The molecule has 0 unspecified atom stereocenters. The summed E-state index contributed by atoms with van der Waals surface area (Å²) in [6.07, 6.45) is 8.52. The number of non-ortho nitro benzene ring substituents is 1. The Hall–Kier alpha value is -2.47. The molecule has 1 amide bonds. The van der Waals surface area contributed by atoms with Gasteiger partial charge in [0.25, 0.3) is 0 Å². The van der Waals surface area contributed by atoms with Gasteiger partial charge in [0.2, 0.25) is 0 Å². The van der Waals surface area contributed by atoms with Crippen molar-refractivity contribution in [3.63, 3.8) is 0 Å². The second-order valence-corrected chi connectivity index (χ2v) is 11.7. The molecule has 1 heterocycles. The third-order valence-electron chi connectivity index (χ3n) is 6.22. The molecule has 1 saturated carbocycles. The number of nitrogens with one attached hydrogen (secondary N) is 1. The normalized spacial score (nSPS) is 20.7. The van der Waals surface area contributed by atoms with Gasteiger partial charge in [-0.15, -0.1) is 0 Å². The van der Waals surface area contributed by atoms with Gasteiger partial charge in [-0.2, -0.15) is 0 Å². The van der Waals surface area contributed by atoms with Crippen LogP contribution in [-0.4, -0.2) is 56.7 Å². The Bertz CT molecular complexity index is 1010. The van der Waals surface area contributed by atoms with Crippen LogP contribution >= 0.6 is 0 Å². The van der Waals surface area contributed by atoms with Gasteiger partial charge in [0, 0.05) is 0 Å². The number of hydrogen-bond acceptors (Lipinski definition) is 6. The number of anilines is 1. The van der Waals surface area contributed by atoms with Crippen molar-refractivity contribution in [2.75, 3.05) is 19.0 Å². The monoisotopic (exact) mass is 498 g/mol. The number of rotatable bonds is 6. The third-order valence-corrected chi connectivity index (χ3v) is 8.98. The average molecular weight is 498 g/mol. The number of aryl methyl sites for hydroxylation is 1. The molecule has 0 saturated heterocycles. The van der Waals surface area contributed by atoms with Crippen molar-refractivity contribution in [3.8, 4) is 0 Å². The Labute approximate surface area is 195 Å². The molecule has 8 nitrogen and oxygen atoms in total. The van der Waals surface area contributed by atoms with Crippen LogP contribution in [0.25, 0.3) is 0 Å². The number of amides is 1. The minimum absolute atomic E-state index is 0.0625. The Morgan fingerprint density at radius 3 is 2.62 bits per heavy atom. The Morgan fingerprint density at radius 1 is 1.16 bits per heavy atom. The number of nitro groups is 1. The molecule has 9 heteroatoms. The zero-order chi connectivity index (χ0) is 22.7. The third kappa shape index (κ3) is 5.29. The van der Waals surface area contributed by atoms with Crippen molar-refractivity contribution in [2.45, 2.75) is 62.1 Å². The Morgan fingerprint density at radius 2 is 1.91 bits per heavy atom. The predicted octanol–water partition coefficient (Wildman–Crippen LogP) is 2.82. The number of nitrogens with zero attached hydrogens (tertiary/aromatic N) is 4. The number of carbonyl (C=O) groups is 1. The number of hydrogen-bond donors (Lipinski definition) is 1. The molecule has 0 atom stereocenters. The van der Waals surface area contributed by atoms with Crippen molar-refractivity contribution in [2.24, 2.45) is 0 Å². The van der Waals surface area contributed by atoms with Crippen molar-refractivity contribution in [1.82, 2.24) is 15.3 Å². The van der Waals surface area contributed by atoms with Crippen LogP contribution in [-0.2, 0) is 12.8 Å². The molecule has 1 aromatic heterocycles. The molecule has 4 rings (SSSR count). The number of fused-ring (bicyclic) bond motifs is 1. The van der Waals surface area contributed by atoms with E-state index in [2.05, 4.69) is 24.3 Å². The average Bonchev–Trinajstić information content (AvgIpc) is 2.79. The van der Waals surface area contributed by atoms with Crippen molar-refractivity contribution >= 4 is 37.8 Å². The maximum atomic E-state index is 12.5. The van der Waals surface area contributed by atoms with E-state index in [-0.39, 0.29) is 33.4 Å². The van der Waals surface area contributed by atoms with E-state index in [1.807, 2.05) is 0 Å². The molecule has 2 aromatic rings. The molecule has 2 aliphatic carbocycles. The van der Waals surface area contributed by atoms with E-state index in [0.717, 1.165) is 49.0 Å². The molecule has 0 bridgehead atoms. The Kier molecular flexibility index (Phi) is 7.09. The maximum absolute atomic E-state index is 12.5. The van der Waals surface area contributed by atoms with E-state index in [0.29, 0.717) is 10.3 Å². The van der Waals surface area contributed by atoms with Crippen LogP contribution in [0.5, 0.6) is 0 Å². The molecule has 169 valence electrons. The number of aromatic nitrogens is 2. The van der Waals surface area contributed by atoms with Crippen molar-refractivity contribution in [1.29, 1.82) is 0 Å². The number of benzene rings is 1. The van der Waals surface area contributed by atoms with Gasteiger partial charge in [-0.25, -0.2) is 0 Å². The zero-order valence-corrected chi connectivity index (χ0v) is 20.5. The van der Waals surface area contributed by atoms with Gasteiger partial charge in [-0.3, -0.25) is 0 Å². The SMILES string of the molecule is CN(C)c1nc([As]C2CCC(NC(=O)c3cccc([N+](=O)[O-])c3)CC2)nc2c1CCCC2. The van der Waals surface area contributed by atoms with Gasteiger partial charge < -0.3 is 0 Å². The second-order valence-electron chi connectivity index (χ2n) is 8.79. The molecule has 0 aliphatic heterocycles.